The zero-order chi connectivity index (χ0) is 27.8. The Morgan fingerprint density at radius 2 is 2.00 bits per heavy atom. The van der Waals surface area contributed by atoms with Gasteiger partial charge in [0.05, 0.1) is 22.9 Å². The highest BCUT2D eigenvalue weighted by atomic mass is 32.1. The van der Waals surface area contributed by atoms with Gasteiger partial charge in [0.1, 0.15) is 22.1 Å². The van der Waals surface area contributed by atoms with Gasteiger partial charge in [-0.25, -0.2) is 9.97 Å². The molecule has 0 radical (unpaired) electrons. The molecule has 9 nitrogen and oxygen atoms in total. The van der Waals surface area contributed by atoms with Crippen molar-refractivity contribution in [2.75, 3.05) is 19.3 Å². The van der Waals surface area contributed by atoms with Crippen molar-refractivity contribution in [3.63, 3.8) is 0 Å². The average molecular weight is 557 g/mol. The molecule has 0 bridgehead atoms. The summed E-state index contributed by atoms with van der Waals surface area (Å²) in [5.41, 5.74) is 12.4. The maximum absolute atomic E-state index is 10.0. The molecule has 0 amide bonds. The van der Waals surface area contributed by atoms with Crippen LogP contribution in [0.2, 0.25) is 0 Å². The summed E-state index contributed by atoms with van der Waals surface area (Å²) in [7, 11) is 2.21. The minimum absolute atomic E-state index is 0.201. The zero-order valence-corrected chi connectivity index (χ0v) is 24.5. The van der Waals surface area contributed by atoms with Crippen molar-refractivity contribution in [1.82, 2.24) is 29.8 Å². The summed E-state index contributed by atoms with van der Waals surface area (Å²) in [5.74, 6) is 1.72. The van der Waals surface area contributed by atoms with Gasteiger partial charge in [0.15, 0.2) is 17.3 Å². The largest absolute Gasteiger partial charge is 0.389 e. The number of rotatable bonds is 4. The van der Waals surface area contributed by atoms with Gasteiger partial charge in [-0.2, -0.15) is 10.4 Å². The first-order valence-electron chi connectivity index (χ1n) is 14.6. The van der Waals surface area contributed by atoms with E-state index in [-0.39, 0.29) is 17.4 Å². The van der Waals surface area contributed by atoms with Gasteiger partial charge in [0, 0.05) is 28.4 Å². The van der Waals surface area contributed by atoms with Crippen LogP contribution in [0.25, 0.3) is 22.6 Å². The van der Waals surface area contributed by atoms with E-state index in [9.17, 15) is 5.26 Å². The number of hydrogen-bond donors (Lipinski definition) is 1. The minimum atomic E-state index is -0.356. The van der Waals surface area contributed by atoms with Crippen molar-refractivity contribution in [2.24, 2.45) is 0 Å². The van der Waals surface area contributed by atoms with Gasteiger partial charge in [0.2, 0.25) is 0 Å². The normalized spacial score (nSPS) is 23.6. The SMILES string of the molecule is CC(c1nn(C(C)C)c2cnc(-c3noc4c3CCCC43CCCc4sc(N)c(C#N)c43)nc12)C1CCCN1C. The Hall–Kier alpha value is -3.29. The minimum Gasteiger partial charge on any atom is -0.389 e. The molecule has 1 saturated heterocycles. The summed E-state index contributed by atoms with van der Waals surface area (Å²) in [4.78, 5) is 13.7. The van der Waals surface area contributed by atoms with Crippen LogP contribution in [-0.4, -0.2) is 49.4 Å². The average Bonchev–Trinajstić information content (AvgIpc) is 3.72. The van der Waals surface area contributed by atoms with Crippen LogP contribution in [0.15, 0.2) is 10.7 Å². The van der Waals surface area contributed by atoms with Crippen LogP contribution < -0.4 is 5.73 Å². The van der Waals surface area contributed by atoms with E-state index >= 15 is 0 Å². The van der Waals surface area contributed by atoms with Gasteiger partial charge in [-0.3, -0.25) is 4.68 Å². The Bertz CT molecular complexity index is 1650. The molecule has 0 aromatic carbocycles. The number of nitriles is 1. The van der Waals surface area contributed by atoms with Crippen molar-refractivity contribution < 1.29 is 4.52 Å². The molecule has 3 unspecified atom stereocenters. The highest BCUT2D eigenvalue weighted by Gasteiger charge is 2.48. The number of likely N-dealkylation sites (tertiary alicyclic amines) is 1. The van der Waals surface area contributed by atoms with Crippen LogP contribution in [0.3, 0.4) is 0 Å². The fraction of sp³-hybridized carbons (Fsp3) is 0.567. The number of fused-ring (bicyclic) bond motifs is 5. The molecule has 7 rings (SSSR count). The van der Waals surface area contributed by atoms with Crippen LogP contribution in [-0.2, 0) is 18.3 Å². The molecule has 3 aliphatic rings. The molecule has 4 aromatic heterocycles. The number of likely N-dealkylation sites (N-methyl/N-ethyl adjacent to an activating group) is 1. The summed E-state index contributed by atoms with van der Waals surface area (Å²) in [6.07, 6.45) is 10.0. The molecule has 1 spiro atoms. The fourth-order valence-corrected chi connectivity index (χ4v) is 8.89. The Kier molecular flexibility index (Phi) is 6.02. The first kappa shape index (κ1) is 25.7. The number of nitrogens with two attached hydrogens (primary N) is 1. The molecule has 208 valence electrons. The molecule has 2 aliphatic carbocycles. The van der Waals surface area contributed by atoms with Crippen LogP contribution in [0.1, 0.15) is 104 Å². The molecule has 10 heteroatoms. The summed E-state index contributed by atoms with van der Waals surface area (Å²) >= 11 is 1.56. The van der Waals surface area contributed by atoms with E-state index in [1.807, 2.05) is 6.20 Å². The molecule has 1 aliphatic heterocycles. The van der Waals surface area contributed by atoms with E-state index in [1.54, 1.807) is 11.3 Å². The third-order valence-electron chi connectivity index (χ3n) is 9.62. The lowest BCUT2D eigenvalue weighted by molar-refractivity contribution is 0.265. The lowest BCUT2D eigenvalue weighted by Crippen LogP contribution is -2.35. The van der Waals surface area contributed by atoms with E-state index in [4.69, 9.17) is 25.3 Å². The van der Waals surface area contributed by atoms with Crippen molar-refractivity contribution in [3.8, 4) is 17.6 Å². The monoisotopic (exact) mass is 556 g/mol. The van der Waals surface area contributed by atoms with E-state index in [0.717, 1.165) is 84.4 Å². The van der Waals surface area contributed by atoms with Crippen molar-refractivity contribution >= 4 is 27.4 Å². The molecule has 2 N–H and O–H groups in total. The first-order chi connectivity index (χ1) is 19.3. The lowest BCUT2D eigenvalue weighted by Gasteiger charge is -2.39. The number of hydrogen-bond acceptors (Lipinski definition) is 9. The lowest BCUT2D eigenvalue weighted by atomic mass is 9.63. The Labute approximate surface area is 238 Å². The zero-order valence-electron chi connectivity index (χ0n) is 23.7. The third kappa shape index (κ3) is 3.60. The summed E-state index contributed by atoms with van der Waals surface area (Å²) in [5, 5.41) is 20.3. The molecule has 4 aromatic rings. The first-order valence-corrected chi connectivity index (χ1v) is 15.4. The van der Waals surface area contributed by atoms with Gasteiger partial charge in [0.25, 0.3) is 0 Å². The second kappa shape index (κ2) is 9.38. The van der Waals surface area contributed by atoms with Gasteiger partial charge in [-0.1, -0.05) is 12.1 Å². The maximum atomic E-state index is 10.0. The number of anilines is 1. The van der Waals surface area contributed by atoms with Crippen molar-refractivity contribution in [1.29, 1.82) is 5.26 Å². The van der Waals surface area contributed by atoms with Gasteiger partial charge < -0.3 is 15.2 Å². The second-order valence-electron chi connectivity index (χ2n) is 12.2. The van der Waals surface area contributed by atoms with Crippen LogP contribution in [0, 0.1) is 11.3 Å². The van der Waals surface area contributed by atoms with Crippen LogP contribution >= 0.6 is 11.3 Å². The molecular formula is C30H36N8OS. The smallest absolute Gasteiger partial charge is 0.182 e. The Balaban J connectivity index is 1.36. The van der Waals surface area contributed by atoms with Crippen molar-refractivity contribution in [3.05, 3.63) is 39.2 Å². The van der Waals surface area contributed by atoms with E-state index in [2.05, 4.69) is 48.6 Å². The standard InChI is InChI=1S/C30H36N8OS/c1-16(2)38-21-15-33-29(34-26(21)24(35-38)17(3)20-9-7-13-37(20)4)25-18-8-5-11-30(27(18)39-36-25)12-6-10-22-23(30)19(14-31)28(32)40-22/h15-17,20H,5-13,32H2,1-4H3. The number of nitrogens with zero attached hydrogens (tertiary/aromatic N) is 7. The van der Waals surface area contributed by atoms with Gasteiger partial charge in [-0.15, -0.1) is 11.3 Å². The fourth-order valence-electron chi connectivity index (χ4n) is 7.73. The number of thiophene rings is 1. The van der Waals surface area contributed by atoms with Gasteiger partial charge in [-0.05, 0) is 84.4 Å². The predicted molar refractivity (Wildman–Crippen MR) is 155 cm³/mol. The van der Waals surface area contributed by atoms with E-state index in [1.165, 1.54) is 17.7 Å². The number of aryl methyl sites for hydroxylation is 1. The third-order valence-corrected chi connectivity index (χ3v) is 10.7. The Morgan fingerprint density at radius 1 is 1.20 bits per heavy atom. The summed E-state index contributed by atoms with van der Waals surface area (Å²) < 4.78 is 8.28. The quantitative estimate of drug-likeness (QED) is 0.338. The Morgan fingerprint density at radius 3 is 2.73 bits per heavy atom. The van der Waals surface area contributed by atoms with E-state index in [0.29, 0.717) is 22.4 Å². The van der Waals surface area contributed by atoms with Crippen LogP contribution in [0.5, 0.6) is 0 Å². The molecular weight excluding hydrogens is 520 g/mol. The second-order valence-corrected chi connectivity index (χ2v) is 13.3. The summed E-state index contributed by atoms with van der Waals surface area (Å²) in [6, 6.07) is 3.05. The topological polar surface area (TPSA) is 123 Å². The highest BCUT2D eigenvalue weighted by molar-refractivity contribution is 7.16. The summed E-state index contributed by atoms with van der Waals surface area (Å²) in [6.45, 7) is 7.70. The molecule has 3 atom stereocenters. The molecule has 40 heavy (non-hydrogen) atoms. The van der Waals surface area contributed by atoms with Crippen LogP contribution in [0.4, 0.5) is 5.00 Å². The maximum Gasteiger partial charge on any atom is 0.182 e. The number of nitrogen functional groups attached to an aromatic ring is 1. The predicted octanol–water partition coefficient (Wildman–Crippen LogP) is 5.73. The van der Waals surface area contributed by atoms with Crippen molar-refractivity contribution in [2.45, 2.75) is 95.6 Å². The number of aromatic nitrogens is 5. The van der Waals surface area contributed by atoms with Gasteiger partial charge >= 0.3 is 0 Å². The molecule has 5 heterocycles. The highest BCUT2D eigenvalue weighted by Crippen LogP contribution is 2.55. The van der Waals surface area contributed by atoms with E-state index < -0.39 is 0 Å². The molecule has 0 saturated carbocycles. The molecule has 1 fully saturated rings.